The topological polar surface area (TPSA) is 44.8 Å². The van der Waals surface area contributed by atoms with Crippen molar-refractivity contribution in [3.05, 3.63) is 0 Å². The molecule has 0 aliphatic carbocycles. The van der Waals surface area contributed by atoms with Gasteiger partial charge in [0.05, 0.1) is 12.6 Å². The molecule has 3 fully saturated rings. The van der Waals surface area contributed by atoms with Crippen LogP contribution in [0.1, 0.15) is 38.5 Å². The van der Waals surface area contributed by atoms with Gasteiger partial charge in [0.25, 0.3) is 0 Å². The molecule has 21 heavy (non-hydrogen) atoms. The van der Waals surface area contributed by atoms with E-state index in [1.807, 2.05) is 0 Å². The van der Waals surface area contributed by atoms with Crippen LogP contribution in [0.4, 0.5) is 0 Å². The van der Waals surface area contributed by atoms with Crippen molar-refractivity contribution in [2.75, 3.05) is 45.9 Å². The predicted molar refractivity (Wildman–Crippen MR) is 82.3 cm³/mol. The third-order valence-corrected chi connectivity index (χ3v) is 5.06. The predicted octanol–water partition coefficient (Wildman–Crippen LogP) is 0.842. The minimum absolute atomic E-state index is 0.160. The van der Waals surface area contributed by atoms with Gasteiger partial charge in [0.2, 0.25) is 5.91 Å². The fourth-order valence-electron chi connectivity index (χ4n) is 3.87. The van der Waals surface area contributed by atoms with E-state index < -0.39 is 0 Å². The van der Waals surface area contributed by atoms with Gasteiger partial charge in [-0.05, 0) is 58.2 Å². The van der Waals surface area contributed by atoms with Gasteiger partial charge in [-0.15, -0.1) is 0 Å². The Morgan fingerprint density at radius 3 is 2.71 bits per heavy atom. The summed E-state index contributed by atoms with van der Waals surface area (Å²) >= 11 is 0. The van der Waals surface area contributed by atoms with Gasteiger partial charge in [0.1, 0.15) is 0 Å². The van der Waals surface area contributed by atoms with E-state index in [0.717, 1.165) is 32.5 Å². The summed E-state index contributed by atoms with van der Waals surface area (Å²) in [5.41, 5.74) is 0. The Kier molecular flexibility index (Phi) is 5.49. The number of carbonyl (C=O) groups excluding carboxylic acids is 1. The molecule has 0 aromatic rings. The fraction of sp³-hybridized carbons (Fsp3) is 0.938. The molecule has 0 bridgehead atoms. The van der Waals surface area contributed by atoms with E-state index in [2.05, 4.69) is 15.1 Å². The van der Waals surface area contributed by atoms with Crippen LogP contribution in [0.2, 0.25) is 0 Å². The lowest BCUT2D eigenvalue weighted by molar-refractivity contribution is -0.123. The van der Waals surface area contributed by atoms with Gasteiger partial charge in [-0.25, -0.2) is 0 Å². The van der Waals surface area contributed by atoms with Crippen molar-refractivity contribution in [1.82, 2.24) is 15.1 Å². The second-order valence-electron chi connectivity index (χ2n) is 6.71. The highest BCUT2D eigenvalue weighted by Crippen LogP contribution is 2.20. The van der Waals surface area contributed by atoms with E-state index in [-0.39, 0.29) is 12.0 Å². The zero-order chi connectivity index (χ0) is 14.5. The van der Waals surface area contributed by atoms with E-state index in [4.69, 9.17) is 4.74 Å². The molecular weight excluding hydrogens is 266 g/mol. The standard InChI is InChI=1S/C16H29N3O2/c20-16(17-11-15-6-4-10-21-15)13-18-7-3-5-14(12-18)19-8-1-2-9-19/h14-15H,1-13H2,(H,17,20)/t14-,15-/m0/s1. The lowest BCUT2D eigenvalue weighted by atomic mass is 10.0. The SMILES string of the molecule is O=C(CN1CCC[C@H](N2CCCC2)C1)NC[C@@H]1CCCO1. The highest BCUT2D eigenvalue weighted by Gasteiger charge is 2.28. The first-order valence-electron chi connectivity index (χ1n) is 8.66. The number of carbonyl (C=O) groups is 1. The van der Waals surface area contributed by atoms with Crippen LogP contribution in [-0.2, 0) is 9.53 Å². The van der Waals surface area contributed by atoms with Crippen LogP contribution in [-0.4, -0.2) is 73.7 Å². The normalized spacial score (nSPS) is 31.6. The third-order valence-electron chi connectivity index (χ3n) is 5.06. The minimum Gasteiger partial charge on any atom is -0.376 e. The highest BCUT2D eigenvalue weighted by atomic mass is 16.5. The number of amides is 1. The van der Waals surface area contributed by atoms with E-state index in [0.29, 0.717) is 19.1 Å². The van der Waals surface area contributed by atoms with Gasteiger partial charge in [-0.1, -0.05) is 0 Å². The van der Waals surface area contributed by atoms with Gasteiger partial charge in [-0.3, -0.25) is 14.6 Å². The molecule has 0 unspecified atom stereocenters. The molecule has 2 atom stereocenters. The quantitative estimate of drug-likeness (QED) is 0.816. The number of hydrogen-bond acceptors (Lipinski definition) is 4. The van der Waals surface area contributed by atoms with Crippen molar-refractivity contribution in [2.24, 2.45) is 0 Å². The number of nitrogens with zero attached hydrogens (tertiary/aromatic N) is 2. The van der Waals surface area contributed by atoms with Gasteiger partial charge in [0, 0.05) is 25.7 Å². The molecule has 5 heteroatoms. The van der Waals surface area contributed by atoms with Crippen molar-refractivity contribution in [1.29, 1.82) is 0 Å². The first-order chi connectivity index (χ1) is 10.3. The number of likely N-dealkylation sites (tertiary alicyclic amines) is 2. The maximum absolute atomic E-state index is 12.1. The molecule has 120 valence electrons. The first kappa shape index (κ1) is 15.3. The monoisotopic (exact) mass is 295 g/mol. The molecule has 0 aromatic heterocycles. The van der Waals surface area contributed by atoms with E-state index in [1.165, 1.54) is 38.8 Å². The molecule has 0 radical (unpaired) electrons. The van der Waals surface area contributed by atoms with Crippen LogP contribution in [0.5, 0.6) is 0 Å². The van der Waals surface area contributed by atoms with Crippen molar-refractivity contribution < 1.29 is 9.53 Å². The summed E-state index contributed by atoms with van der Waals surface area (Å²) in [5.74, 6) is 0.160. The van der Waals surface area contributed by atoms with Crippen LogP contribution in [0.3, 0.4) is 0 Å². The van der Waals surface area contributed by atoms with E-state index in [9.17, 15) is 4.79 Å². The fourth-order valence-corrected chi connectivity index (χ4v) is 3.87. The van der Waals surface area contributed by atoms with Gasteiger partial charge < -0.3 is 10.1 Å². The molecule has 0 spiro atoms. The third kappa shape index (κ3) is 4.41. The van der Waals surface area contributed by atoms with Crippen molar-refractivity contribution >= 4 is 5.91 Å². The van der Waals surface area contributed by atoms with Gasteiger partial charge in [-0.2, -0.15) is 0 Å². The zero-order valence-electron chi connectivity index (χ0n) is 13.1. The zero-order valence-corrected chi connectivity index (χ0v) is 13.1. The Labute approximate surface area is 128 Å². The summed E-state index contributed by atoms with van der Waals surface area (Å²) in [6, 6.07) is 0.673. The number of nitrogens with one attached hydrogen (secondary N) is 1. The average molecular weight is 295 g/mol. The lowest BCUT2D eigenvalue weighted by Gasteiger charge is -2.37. The largest absolute Gasteiger partial charge is 0.376 e. The molecule has 0 aromatic carbocycles. The van der Waals surface area contributed by atoms with Crippen molar-refractivity contribution in [3.8, 4) is 0 Å². The Hall–Kier alpha value is -0.650. The van der Waals surface area contributed by atoms with Gasteiger partial charge in [0.15, 0.2) is 0 Å². The molecule has 3 aliphatic heterocycles. The van der Waals surface area contributed by atoms with Crippen molar-refractivity contribution in [3.63, 3.8) is 0 Å². The maximum Gasteiger partial charge on any atom is 0.234 e. The lowest BCUT2D eigenvalue weighted by Crippen LogP contribution is -2.50. The molecule has 3 heterocycles. The number of ether oxygens (including phenoxy) is 1. The Balaban J connectivity index is 1.38. The number of piperidine rings is 1. The number of rotatable bonds is 5. The maximum atomic E-state index is 12.1. The second kappa shape index (κ2) is 7.56. The van der Waals surface area contributed by atoms with Crippen LogP contribution in [0.25, 0.3) is 0 Å². The Morgan fingerprint density at radius 2 is 1.95 bits per heavy atom. The molecule has 0 saturated carbocycles. The minimum atomic E-state index is 0.160. The van der Waals surface area contributed by atoms with Crippen LogP contribution >= 0.6 is 0 Å². The average Bonchev–Trinajstić information content (AvgIpc) is 3.19. The summed E-state index contributed by atoms with van der Waals surface area (Å²) in [6.07, 6.45) is 7.67. The molecule has 1 N–H and O–H groups in total. The molecule has 3 aliphatic rings. The molecule has 1 amide bonds. The number of hydrogen-bond donors (Lipinski definition) is 1. The van der Waals surface area contributed by atoms with E-state index in [1.54, 1.807) is 0 Å². The highest BCUT2D eigenvalue weighted by molar-refractivity contribution is 5.78. The van der Waals surface area contributed by atoms with E-state index >= 15 is 0 Å². The van der Waals surface area contributed by atoms with Crippen LogP contribution < -0.4 is 5.32 Å². The molecule has 3 rings (SSSR count). The molecular formula is C16H29N3O2. The first-order valence-corrected chi connectivity index (χ1v) is 8.66. The van der Waals surface area contributed by atoms with Gasteiger partial charge >= 0.3 is 0 Å². The summed E-state index contributed by atoms with van der Waals surface area (Å²) in [7, 11) is 0. The van der Waals surface area contributed by atoms with Crippen molar-refractivity contribution in [2.45, 2.75) is 50.7 Å². The Bertz CT molecular complexity index is 338. The van der Waals surface area contributed by atoms with Crippen LogP contribution in [0.15, 0.2) is 0 Å². The second-order valence-corrected chi connectivity index (χ2v) is 6.71. The summed E-state index contributed by atoms with van der Waals surface area (Å²) in [6.45, 7) is 6.72. The smallest absolute Gasteiger partial charge is 0.234 e. The summed E-state index contributed by atoms with van der Waals surface area (Å²) < 4.78 is 5.54. The van der Waals surface area contributed by atoms with Crippen LogP contribution in [0, 0.1) is 0 Å². The summed E-state index contributed by atoms with van der Waals surface area (Å²) in [5, 5.41) is 3.04. The Morgan fingerprint density at radius 1 is 1.10 bits per heavy atom. The molecule has 3 saturated heterocycles. The molecule has 5 nitrogen and oxygen atoms in total. The summed E-state index contributed by atoms with van der Waals surface area (Å²) in [4.78, 5) is 17.0.